The first-order valence-electron chi connectivity index (χ1n) is 6.10. The lowest BCUT2D eigenvalue weighted by atomic mass is 10.1. The van der Waals surface area contributed by atoms with Gasteiger partial charge < -0.3 is 11.1 Å². The summed E-state index contributed by atoms with van der Waals surface area (Å²) in [6, 6.07) is 2.08. The minimum absolute atomic E-state index is 0.144. The van der Waals surface area contributed by atoms with Gasteiger partial charge in [0.25, 0.3) is 5.91 Å². The first-order valence-corrected chi connectivity index (χ1v) is 6.48. The highest BCUT2D eigenvalue weighted by molar-refractivity contribution is 6.28. The molecule has 1 aromatic heterocycles. The van der Waals surface area contributed by atoms with Gasteiger partial charge in [0.1, 0.15) is 11.6 Å². The molecule has 0 aliphatic carbocycles. The van der Waals surface area contributed by atoms with Crippen molar-refractivity contribution in [3.8, 4) is 0 Å². The number of hydrogen-bond acceptors (Lipinski definition) is 4. The number of carbonyl (C=O) groups is 1. The second-order valence-electron chi connectivity index (χ2n) is 4.42. The van der Waals surface area contributed by atoms with Crippen molar-refractivity contribution in [1.82, 2.24) is 9.97 Å². The minimum Gasteiger partial charge on any atom is -0.365 e. The van der Waals surface area contributed by atoms with E-state index in [1.54, 1.807) is 0 Å². The highest BCUT2D eigenvalue weighted by Gasteiger charge is 2.33. The number of hydrogen-bond donors (Lipinski definition) is 2. The maximum Gasteiger partial charge on any atom is 0.416 e. The highest BCUT2D eigenvalue weighted by Crippen LogP contribution is 2.32. The molecule has 122 valence electrons. The number of rotatable bonds is 4. The van der Waals surface area contributed by atoms with Crippen LogP contribution in [0.1, 0.15) is 21.5 Å². The van der Waals surface area contributed by atoms with Gasteiger partial charge in [0.2, 0.25) is 5.28 Å². The van der Waals surface area contributed by atoms with Gasteiger partial charge >= 0.3 is 6.18 Å². The van der Waals surface area contributed by atoms with E-state index >= 15 is 0 Å². The molecule has 0 atom stereocenters. The summed E-state index contributed by atoms with van der Waals surface area (Å²) in [4.78, 5) is 18.5. The number of alkyl halides is 3. The molecule has 0 saturated heterocycles. The number of anilines is 1. The van der Waals surface area contributed by atoms with Crippen molar-refractivity contribution in [3.05, 3.63) is 52.2 Å². The number of nitrogens with zero attached hydrogens (tertiary/aromatic N) is 2. The lowest BCUT2D eigenvalue weighted by molar-refractivity contribution is -0.138. The Balaban J connectivity index is 2.33. The van der Waals surface area contributed by atoms with Crippen LogP contribution in [-0.2, 0) is 12.7 Å². The van der Waals surface area contributed by atoms with Crippen LogP contribution >= 0.6 is 11.6 Å². The molecule has 0 radical (unpaired) electrons. The summed E-state index contributed by atoms with van der Waals surface area (Å²) in [7, 11) is 0. The smallest absolute Gasteiger partial charge is 0.365 e. The molecule has 10 heteroatoms. The van der Waals surface area contributed by atoms with E-state index in [0.717, 1.165) is 12.3 Å². The molecule has 0 aliphatic rings. The molecule has 0 bridgehead atoms. The zero-order chi connectivity index (χ0) is 17.2. The lowest BCUT2D eigenvalue weighted by Gasteiger charge is -2.14. The van der Waals surface area contributed by atoms with Crippen LogP contribution in [0.5, 0.6) is 0 Å². The maximum absolute atomic E-state index is 13.2. The topological polar surface area (TPSA) is 80.9 Å². The van der Waals surface area contributed by atoms with Gasteiger partial charge in [-0.15, -0.1) is 0 Å². The van der Waals surface area contributed by atoms with Gasteiger partial charge in [-0.2, -0.15) is 18.2 Å². The van der Waals surface area contributed by atoms with E-state index in [2.05, 4.69) is 15.3 Å². The Bertz CT molecular complexity index is 751. The van der Waals surface area contributed by atoms with Crippen LogP contribution in [-0.4, -0.2) is 15.9 Å². The Morgan fingerprint density at radius 3 is 2.65 bits per heavy atom. The highest BCUT2D eigenvalue weighted by atomic mass is 35.5. The SMILES string of the molecule is NC(=O)c1cnc(Cl)nc1NCc1cc(F)ccc1C(F)(F)F. The summed E-state index contributed by atoms with van der Waals surface area (Å²) in [6.45, 7) is -0.444. The zero-order valence-corrected chi connectivity index (χ0v) is 12.0. The normalized spacial score (nSPS) is 11.3. The summed E-state index contributed by atoms with van der Waals surface area (Å²) in [6.07, 6.45) is -3.61. The van der Waals surface area contributed by atoms with Gasteiger partial charge in [-0.25, -0.2) is 9.37 Å². The molecule has 0 saturated carbocycles. The fourth-order valence-electron chi connectivity index (χ4n) is 1.84. The Hall–Kier alpha value is -2.42. The summed E-state index contributed by atoms with van der Waals surface area (Å²) in [5, 5.41) is 2.26. The van der Waals surface area contributed by atoms with E-state index in [1.165, 1.54) is 0 Å². The molecule has 2 aromatic rings. The number of amides is 1. The van der Waals surface area contributed by atoms with Gasteiger partial charge in [0, 0.05) is 12.7 Å². The van der Waals surface area contributed by atoms with Gasteiger partial charge in [0.15, 0.2) is 0 Å². The van der Waals surface area contributed by atoms with Gasteiger partial charge in [-0.05, 0) is 35.4 Å². The first-order chi connectivity index (χ1) is 10.7. The van der Waals surface area contributed by atoms with E-state index in [4.69, 9.17) is 17.3 Å². The Morgan fingerprint density at radius 1 is 1.35 bits per heavy atom. The second-order valence-corrected chi connectivity index (χ2v) is 4.76. The Labute approximate surface area is 132 Å². The predicted octanol–water partition coefficient (Wildman–Crippen LogP) is 3.00. The van der Waals surface area contributed by atoms with Crippen molar-refractivity contribution in [2.24, 2.45) is 5.73 Å². The van der Waals surface area contributed by atoms with E-state index < -0.39 is 30.0 Å². The van der Waals surface area contributed by atoms with E-state index in [1.807, 2.05) is 0 Å². The van der Waals surface area contributed by atoms with Gasteiger partial charge in [-0.1, -0.05) is 0 Å². The average molecular weight is 349 g/mol. The van der Waals surface area contributed by atoms with Crippen LogP contribution in [0.4, 0.5) is 23.4 Å². The lowest BCUT2D eigenvalue weighted by Crippen LogP contribution is -2.17. The van der Waals surface area contributed by atoms with Crippen LogP contribution in [0.3, 0.4) is 0 Å². The third kappa shape index (κ3) is 4.07. The molecule has 0 fully saturated rings. The average Bonchev–Trinajstić information content (AvgIpc) is 2.43. The first kappa shape index (κ1) is 16.9. The fourth-order valence-corrected chi connectivity index (χ4v) is 1.97. The molecule has 5 nitrogen and oxygen atoms in total. The quantitative estimate of drug-likeness (QED) is 0.657. The van der Waals surface area contributed by atoms with Crippen molar-refractivity contribution in [2.75, 3.05) is 5.32 Å². The molecule has 1 amide bonds. The van der Waals surface area contributed by atoms with Crippen LogP contribution in [0.25, 0.3) is 0 Å². The zero-order valence-electron chi connectivity index (χ0n) is 11.3. The molecule has 0 spiro atoms. The summed E-state index contributed by atoms with van der Waals surface area (Å²) in [5.41, 5.74) is 3.60. The number of halogens is 5. The molecule has 0 unspecified atom stereocenters. The Kier molecular flexibility index (Phi) is 4.69. The van der Waals surface area contributed by atoms with E-state index in [-0.39, 0.29) is 22.2 Å². The van der Waals surface area contributed by atoms with Gasteiger partial charge in [-0.3, -0.25) is 4.79 Å². The number of carbonyl (C=O) groups excluding carboxylic acids is 1. The third-order valence-corrected chi connectivity index (χ3v) is 3.03. The minimum atomic E-state index is -4.65. The molecule has 1 heterocycles. The van der Waals surface area contributed by atoms with Crippen LogP contribution in [0.15, 0.2) is 24.4 Å². The largest absolute Gasteiger partial charge is 0.416 e. The number of aromatic nitrogens is 2. The number of primary amides is 1. The summed E-state index contributed by atoms with van der Waals surface area (Å²) < 4.78 is 51.9. The molecule has 23 heavy (non-hydrogen) atoms. The van der Waals surface area contributed by atoms with Crippen LogP contribution < -0.4 is 11.1 Å². The monoisotopic (exact) mass is 348 g/mol. The number of nitrogens with two attached hydrogens (primary N) is 1. The van der Waals surface area contributed by atoms with Crippen LogP contribution in [0.2, 0.25) is 5.28 Å². The third-order valence-electron chi connectivity index (χ3n) is 2.84. The maximum atomic E-state index is 13.2. The van der Waals surface area contributed by atoms with Crippen molar-refractivity contribution in [1.29, 1.82) is 0 Å². The summed E-state index contributed by atoms with van der Waals surface area (Å²) in [5.74, 6) is -1.86. The van der Waals surface area contributed by atoms with Crippen molar-refractivity contribution >= 4 is 23.3 Å². The second kappa shape index (κ2) is 6.37. The molecule has 2 rings (SSSR count). The molecular formula is C13H9ClF4N4O. The summed E-state index contributed by atoms with van der Waals surface area (Å²) >= 11 is 5.58. The number of benzene rings is 1. The van der Waals surface area contributed by atoms with Gasteiger partial charge in [0.05, 0.1) is 11.1 Å². The fraction of sp³-hybridized carbons (Fsp3) is 0.154. The van der Waals surface area contributed by atoms with E-state index in [9.17, 15) is 22.4 Å². The molecule has 0 aliphatic heterocycles. The Morgan fingerprint density at radius 2 is 2.04 bits per heavy atom. The molecule has 1 aromatic carbocycles. The molecule has 3 N–H and O–H groups in total. The van der Waals surface area contributed by atoms with E-state index in [0.29, 0.717) is 12.1 Å². The van der Waals surface area contributed by atoms with Crippen molar-refractivity contribution < 1.29 is 22.4 Å². The van der Waals surface area contributed by atoms with Crippen molar-refractivity contribution in [3.63, 3.8) is 0 Å². The van der Waals surface area contributed by atoms with Crippen molar-refractivity contribution in [2.45, 2.75) is 12.7 Å². The predicted molar refractivity (Wildman–Crippen MR) is 74.3 cm³/mol. The number of nitrogens with one attached hydrogen (secondary N) is 1. The standard InChI is InChI=1S/C13H9ClF4N4O/c14-12-21-5-8(10(19)23)11(22-12)20-4-6-3-7(15)1-2-9(6)13(16,17)18/h1-3,5H,4H2,(H2,19,23)(H,20,21,22). The van der Waals surface area contributed by atoms with Crippen LogP contribution in [0, 0.1) is 5.82 Å². The molecular weight excluding hydrogens is 340 g/mol.